The molecule has 1 amide bonds. The minimum Gasteiger partial charge on any atom is -0.354 e. The number of amides is 1. The lowest BCUT2D eigenvalue weighted by molar-refractivity contribution is -0.121. The number of aromatic nitrogens is 2. The first-order chi connectivity index (χ1) is 12.0. The summed E-state index contributed by atoms with van der Waals surface area (Å²) in [5.41, 5.74) is 2.42. The Labute approximate surface area is 149 Å². The van der Waals surface area contributed by atoms with Gasteiger partial charge in [-0.3, -0.25) is 4.79 Å². The number of likely N-dealkylation sites (N-methyl/N-ethyl adjacent to an activating group) is 1. The SMILES string of the molecule is CCCc1noc(CCC(=O)NC[C@@H](c2ccc(C)cc2)N(C)C)n1. The first-order valence-corrected chi connectivity index (χ1v) is 8.80. The van der Waals surface area contributed by atoms with E-state index < -0.39 is 0 Å². The lowest BCUT2D eigenvalue weighted by atomic mass is 10.0. The molecule has 0 unspecified atom stereocenters. The molecule has 1 atom stereocenters. The molecular weight excluding hydrogens is 316 g/mol. The van der Waals surface area contributed by atoms with E-state index in [1.54, 1.807) is 0 Å². The van der Waals surface area contributed by atoms with Crippen LogP contribution in [0.5, 0.6) is 0 Å². The molecule has 1 heterocycles. The zero-order valence-electron chi connectivity index (χ0n) is 15.6. The van der Waals surface area contributed by atoms with Gasteiger partial charge < -0.3 is 14.7 Å². The first-order valence-electron chi connectivity index (χ1n) is 8.80. The van der Waals surface area contributed by atoms with Gasteiger partial charge in [0.15, 0.2) is 5.82 Å². The van der Waals surface area contributed by atoms with E-state index in [4.69, 9.17) is 4.52 Å². The van der Waals surface area contributed by atoms with Crippen molar-refractivity contribution in [2.24, 2.45) is 0 Å². The number of hydrogen-bond donors (Lipinski definition) is 1. The fourth-order valence-electron chi connectivity index (χ4n) is 2.62. The Kier molecular flexibility index (Phi) is 7.13. The number of benzene rings is 1. The van der Waals surface area contributed by atoms with Crippen molar-refractivity contribution in [3.8, 4) is 0 Å². The van der Waals surface area contributed by atoms with Gasteiger partial charge >= 0.3 is 0 Å². The minimum absolute atomic E-state index is 0.00537. The molecule has 0 saturated carbocycles. The van der Waals surface area contributed by atoms with Crippen LogP contribution in [0.1, 0.15) is 48.6 Å². The molecule has 25 heavy (non-hydrogen) atoms. The van der Waals surface area contributed by atoms with E-state index in [9.17, 15) is 4.79 Å². The number of hydrogen-bond acceptors (Lipinski definition) is 5. The zero-order valence-corrected chi connectivity index (χ0v) is 15.6. The summed E-state index contributed by atoms with van der Waals surface area (Å²) in [5, 5.41) is 6.91. The number of nitrogens with zero attached hydrogens (tertiary/aromatic N) is 3. The van der Waals surface area contributed by atoms with Gasteiger partial charge in [0.2, 0.25) is 11.8 Å². The molecule has 0 radical (unpaired) electrons. The van der Waals surface area contributed by atoms with Crippen LogP contribution in [0.25, 0.3) is 0 Å². The molecule has 2 rings (SSSR count). The predicted molar refractivity (Wildman–Crippen MR) is 97.2 cm³/mol. The van der Waals surface area contributed by atoms with Crippen LogP contribution in [-0.2, 0) is 17.6 Å². The van der Waals surface area contributed by atoms with Crippen LogP contribution in [-0.4, -0.2) is 41.6 Å². The summed E-state index contributed by atoms with van der Waals surface area (Å²) in [6, 6.07) is 8.55. The molecule has 0 spiro atoms. The number of rotatable bonds is 9. The van der Waals surface area contributed by atoms with Gasteiger partial charge in [-0.1, -0.05) is 41.9 Å². The van der Waals surface area contributed by atoms with Crippen molar-refractivity contribution in [3.63, 3.8) is 0 Å². The highest BCUT2D eigenvalue weighted by molar-refractivity contribution is 5.76. The number of carbonyl (C=O) groups excluding carboxylic acids is 1. The summed E-state index contributed by atoms with van der Waals surface area (Å²) in [6.45, 7) is 4.71. The Morgan fingerprint density at radius 1 is 1.24 bits per heavy atom. The summed E-state index contributed by atoms with van der Waals surface area (Å²) in [6.07, 6.45) is 2.60. The molecule has 0 bridgehead atoms. The largest absolute Gasteiger partial charge is 0.354 e. The van der Waals surface area contributed by atoms with Crippen molar-refractivity contribution in [1.29, 1.82) is 0 Å². The molecule has 1 N–H and O–H groups in total. The molecule has 0 fully saturated rings. The average Bonchev–Trinajstić information content (AvgIpc) is 3.02. The van der Waals surface area contributed by atoms with Crippen molar-refractivity contribution in [3.05, 3.63) is 47.1 Å². The van der Waals surface area contributed by atoms with E-state index >= 15 is 0 Å². The fraction of sp³-hybridized carbons (Fsp3) is 0.526. The van der Waals surface area contributed by atoms with E-state index in [1.165, 1.54) is 11.1 Å². The van der Waals surface area contributed by atoms with E-state index in [2.05, 4.69) is 58.5 Å². The molecule has 1 aromatic heterocycles. The number of aryl methyl sites for hydroxylation is 3. The van der Waals surface area contributed by atoms with Gasteiger partial charge in [-0.05, 0) is 33.0 Å². The fourth-order valence-corrected chi connectivity index (χ4v) is 2.62. The van der Waals surface area contributed by atoms with E-state index in [0.29, 0.717) is 31.1 Å². The summed E-state index contributed by atoms with van der Waals surface area (Å²) in [7, 11) is 4.04. The molecule has 2 aromatic rings. The van der Waals surface area contributed by atoms with E-state index in [0.717, 1.165) is 12.8 Å². The Morgan fingerprint density at radius 3 is 2.60 bits per heavy atom. The van der Waals surface area contributed by atoms with Gasteiger partial charge in [0, 0.05) is 25.8 Å². The van der Waals surface area contributed by atoms with Crippen LogP contribution in [0.2, 0.25) is 0 Å². The zero-order chi connectivity index (χ0) is 18.2. The molecule has 0 aliphatic carbocycles. The van der Waals surface area contributed by atoms with Crippen molar-refractivity contribution in [1.82, 2.24) is 20.4 Å². The standard InChI is InChI=1S/C19H28N4O2/c1-5-6-17-21-19(25-22-17)12-11-18(24)20-13-16(23(3)4)15-9-7-14(2)8-10-15/h7-10,16H,5-6,11-13H2,1-4H3,(H,20,24)/t16-/m0/s1. The van der Waals surface area contributed by atoms with Crippen molar-refractivity contribution >= 4 is 5.91 Å². The second-order valence-electron chi connectivity index (χ2n) is 6.55. The second kappa shape index (κ2) is 9.32. The second-order valence-corrected chi connectivity index (χ2v) is 6.55. The molecule has 136 valence electrons. The summed E-state index contributed by atoms with van der Waals surface area (Å²) >= 11 is 0. The van der Waals surface area contributed by atoms with Crippen molar-refractivity contribution in [2.45, 2.75) is 45.6 Å². The van der Waals surface area contributed by atoms with Crippen LogP contribution >= 0.6 is 0 Å². The molecule has 6 nitrogen and oxygen atoms in total. The quantitative estimate of drug-likeness (QED) is 0.757. The third-order valence-electron chi connectivity index (χ3n) is 4.13. The summed E-state index contributed by atoms with van der Waals surface area (Å²) in [5.74, 6) is 1.24. The Bertz CT molecular complexity index is 664. The lowest BCUT2D eigenvalue weighted by Gasteiger charge is -2.25. The molecule has 6 heteroatoms. The number of nitrogens with one attached hydrogen (secondary N) is 1. The first kappa shape index (κ1) is 19.1. The lowest BCUT2D eigenvalue weighted by Crippen LogP contribution is -2.34. The van der Waals surface area contributed by atoms with Crippen LogP contribution in [0.15, 0.2) is 28.8 Å². The predicted octanol–water partition coefficient (Wildman–Crippen LogP) is 2.68. The molecule has 0 aliphatic rings. The van der Waals surface area contributed by atoms with Gasteiger partial charge in [-0.25, -0.2) is 0 Å². The third kappa shape index (κ3) is 5.98. The highest BCUT2D eigenvalue weighted by Crippen LogP contribution is 2.18. The maximum atomic E-state index is 12.1. The summed E-state index contributed by atoms with van der Waals surface area (Å²) < 4.78 is 5.16. The Morgan fingerprint density at radius 2 is 1.96 bits per heavy atom. The average molecular weight is 344 g/mol. The summed E-state index contributed by atoms with van der Waals surface area (Å²) in [4.78, 5) is 18.5. The van der Waals surface area contributed by atoms with Crippen molar-refractivity contribution < 1.29 is 9.32 Å². The minimum atomic E-state index is -0.00537. The van der Waals surface area contributed by atoms with E-state index in [1.807, 2.05) is 14.1 Å². The molecule has 1 aromatic carbocycles. The molecule has 0 aliphatic heterocycles. The van der Waals surface area contributed by atoms with Gasteiger partial charge in [0.05, 0.1) is 6.04 Å². The molecular formula is C19H28N4O2. The van der Waals surface area contributed by atoms with Gasteiger partial charge in [0.25, 0.3) is 0 Å². The third-order valence-corrected chi connectivity index (χ3v) is 4.13. The maximum absolute atomic E-state index is 12.1. The highest BCUT2D eigenvalue weighted by Gasteiger charge is 2.16. The topological polar surface area (TPSA) is 71.3 Å². The van der Waals surface area contributed by atoms with E-state index in [-0.39, 0.29) is 11.9 Å². The number of carbonyl (C=O) groups is 1. The van der Waals surface area contributed by atoms with Crippen molar-refractivity contribution in [2.75, 3.05) is 20.6 Å². The van der Waals surface area contributed by atoms with Crippen LogP contribution in [0.4, 0.5) is 0 Å². The monoisotopic (exact) mass is 344 g/mol. The maximum Gasteiger partial charge on any atom is 0.227 e. The molecule has 0 saturated heterocycles. The Hall–Kier alpha value is -2.21. The van der Waals surface area contributed by atoms with Crippen LogP contribution in [0.3, 0.4) is 0 Å². The van der Waals surface area contributed by atoms with Crippen LogP contribution < -0.4 is 5.32 Å². The highest BCUT2D eigenvalue weighted by atomic mass is 16.5. The van der Waals surface area contributed by atoms with Gasteiger partial charge in [-0.2, -0.15) is 4.98 Å². The normalized spacial score (nSPS) is 12.4. The van der Waals surface area contributed by atoms with Gasteiger partial charge in [0.1, 0.15) is 0 Å². The van der Waals surface area contributed by atoms with Gasteiger partial charge in [-0.15, -0.1) is 0 Å². The smallest absolute Gasteiger partial charge is 0.227 e. The van der Waals surface area contributed by atoms with Crippen LogP contribution in [0, 0.1) is 6.92 Å². The Balaban J connectivity index is 1.83.